The van der Waals surface area contributed by atoms with Crippen LogP contribution in [0.3, 0.4) is 0 Å². The molecule has 102 valence electrons. The van der Waals surface area contributed by atoms with Crippen molar-refractivity contribution in [1.82, 2.24) is 9.03 Å². The van der Waals surface area contributed by atoms with Gasteiger partial charge < -0.3 is 10.5 Å². The molecule has 1 saturated heterocycles. The molecule has 0 aliphatic carbocycles. The molecule has 1 aliphatic heterocycles. The molecule has 0 aromatic carbocycles. The van der Waals surface area contributed by atoms with E-state index in [0.29, 0.717) is 45.7 Å². The maximum absolute atomic E-state index is 12.2. The van der Waals surface area contributed by atoms with Gasteiger partial charge in [0.1, 0.15) is 0 Å². The first kappa shape index (κ1) is 14.8. The van der Waals surface area contributed by atoms with Crippen LogP contribution in [0.15, 0.2) is 0 Å². The predicted octanol–water partition coefficient (Wildman–Crippen LogP) is -0.329. The zero-order valence-electron chi connectivity index (χ0n) is 10.6. The van der Waals surface area contributed by atoms with Crippen molar-refractivity contribution in [3.05, 3.63) is 0 Å². The Hall–Kier alpha value is -0.210. The Morgan fingerprint density at radius 1 is 1.29 bits per heavy atom. The largest absolute Gasteiger partial charge is 0.379 e. The summed E-state index contributed by atoms with van der Waals surface area (Å²) in [6.07, 6.45) is 1.37. The fraction of sp³-hybridized carbons (Fsp3) is 1.00. The van der Waals surface area contributed by atoms with E-state index in [1.165, 1.54) is 4.31 Å². The molecular weight excluding hydrogens is 242 g/mol. The number of rotatable bonds is 6. The van der Waals surface area contributed by atoms with Gasteiger partial charge in [0.05, 0.1) is 13.2 Å². The normalized spacial score (nSPS) is 19.5. The SMILES string of the molecule is CCC(CC)(CN)NS(=O)(=O)N1CCOCC1. The van der Waals surface area contributed by atoms with E-state index in [9.17, 15) is 8.42 Å². The lowest BCUT2D eigenvalue weighted by Gasteiger charge is -2.35. The maximum atomic E-state index is 12.2. The van der Waals surface area contributed by atoms with E-state index in [1.54, 1.807) is 0 Å². The highest BCUT2D eigenvalue weighted by molar-refractivity contribution is 7.87. The van der Waals surface area contributed by atoms with Gasteiger partial charge in [-0.3, -0.25) is 0 Å². The molecule has 7 heteroatoms. The van der Waals surface area contributed by atoms with Crippen molar-refractivity contribution in [3.63, 3.8) is 0 Å². The van der Waals surface area contributed by atoms with Gasteiger partial charge in [-0.15, -0.1) is 0 Å². The first-order valence-electron chi connectivity index (χ1n) is 6.06. The van der Waals surface area contributed by atoms with Crippen molar-refractivity contribution < 1.29 is 13.2 Å². The fourth-order valence-corrected chi connectivity index (χ4v) is 3.53. The smallest absolute Gasteiger partial charge is 0.280 e. The van der Waals surface area contributed by atoms with Crippen LogP contribution in [0.25, 0.3) is 0 Å². The maximum Gasteiger partial charge on any atom is 0.280 e. The molecule has 0 unspecified atom stereocenters. The predicted molar refractivity (Wildman–Crippen MR) is 66.8 cm³/mol. The molecule has 1 rings (SSSR count). The summed E-state index contributed by atoms with van der Waals surface area (Å²) >= 11 is 0. The van der Waals surface area contributed by atoms with E-state index in [2.05, 4.69) is 4.72 Å². The van der Waals surface area contributed by atoms with Crippen molar-refractivity contribution >= 4 is 10.2 Å². The fourth-order valence-electron chi connectivity index (χ4n) is 1.85. The third-order valence-corrected chi connectivity index (χ3v) is 5.14. The van der Waals surface area contributed by atoms with E-state index in [1.807, 2.05) is 13.8 Å². The van der Waals surface area contributed by atoms with Crippen molar-refractivity contribution in [2.45, 2.75) is 32.2 Å². The Kier molecular flexibility index (Phi) is 5.33. The average molecular weight is 265 g/mol. The van der Waals surface area contributed by atoms with Crippen LogP contribution in [0.1, 0.15) is 26.7 Å². The topological polar surface area (TPSA) is 84.7 Å². The summed E-state index contributed by atoms with van der Waals surface area (Å²) in [7, 11) is -3.45. The molecule has 0 radical (unpaired) electrons. The second kappa shape index (κ2) is 6.10. The molecule has 3 N–H and O–H groups in total. The van der Waals surface area contributed by atoms with Gasteiger partial charge in [0.15, 0.2) is 0 Å². The number of ether oxygens (including phenoxy) is 1. The van der Waals surface area contributed by atoms with Crippen LogP contribution >= 0.6 is 0 Å². The molecule has 0 aromatic heterocycles. The minimum absolute atomic E-state index is 0.309. The van der Waals surface area contributed by atoms with E-state index in [-0.39, 0.29) is 0 Å². The summed E-state index contributed by atoms with van der Waals surface area (Å²) < 4.78 is 33.7. The van der Waals surface area contributed by atoms with Gasteiger partial charge in [0.25, 0.3) is 10.2 Å². The molecule has 0 spiro atoms. The minimum atomic E-state index is -3.45. The average Bonchev–Trinajstić information content (AvgIpc) is 2.37. The molecule has 0 amide bonds. The van der Waals surface area contributed by atoms with Crippen molar-refractivity contribution in [1.29, 1.82) is 0 Å². The van der Waals surface area contributed by atoms with Crippen LogP contribution < -0.4 is 10.5 Å². The summed E-state index contributed by atoms with van der Waals surface area (Å²) in [5.74, 6) is 0. The summed E-state index contributed by atoms with van der Waals surface area (Å²) in [4.78, 5) is 0. The van der Waals surface area contributed by atoms with Gasteiger partial charge in [-0.25, -0.2) is 0 Å². The number of hydrogen-bond donors (Lipinski definition) is 2. The molecule has 6 nitrogen and oxygen atoms in total. The molecule has 0 atom stereocenters. The van der Waals surface area contributed by atoms with Crippen LogP contribution in [0.5, 0.6) is 0 Å². The van der Waals surface area contributed by atoms with Gasteiger partial charge in [0, 0.05) is 25.2 Å². The molecule has 1 heterocycles. The highest BCUT2D eigenvalue weighted by Crippen LogP contribution is 2.16. The highest BCUT2D eigenvalue weighted by atomic mass is 32.2. The van der Waals surface area contributed by atoms with Gasteiger partial charge in [-0.05, 0) is 12.8 Å². The summed E-state index contributed by atoms with van der Waals surface area (Å²) in [5.41, 5.74) is 5.16. The Balaban J connectivity index is 2.76. The lowest BCUT2D eigenvalue weighted by atomic mass is 9.95. The van der Waals surface area contributed by atoms with Crippen LogP contribution in [0.2, 0.25) is 0 Å². The van der Waals surface area contributed by atoms with E-state index in [4.69, 9.17) is 10.5 Å². The van der Waals surface area contributed by atoms with E-state index in [0.717, 1.165) is 0 Å². The van der Waals surface area contributed by atoms with Gasteiger partial charge in [-0.2, -0.15) is 17.4 Å². The Morgan fingerprint density at radius 2 is 1.82 bits per heavy atom. The minimum Gasteiger partial charge on any atom is -0.379 e. The number of nitrogens with zero attached hydrogens (tertiary/aromatic N) is 1. The van der Waals surface area contributed by atoms with E-state index < -0.39 is 15.7 Å². The lowest BCUT2D eigenvalue weighted by Crippen LogP contribution is -2.58. The molecular formula is C10H23N3O3S. The summed E-state index contributed by atoms with van der Waals surface area (Å²) in [6, 6.07) is 0. The van der Waals surface area contributed by atoms with Gasteiger partial charge in [0.2, 0.25) is 0 Å². The first-order valence-corrected chi connectivity index (χ1v) is 7.50. The zero-order chi connectivity index (χ0) is 12.9. The van der Waals surface area contributed by atoms with Crippen molar-refractivity contribution in [2.75, 3.05) is 32.8 Å². The second-order valence-electron chi connectivity index (χ2n) is 4.31. The van der Waals surface area contributed by atoms with Crippen LogP contribution in [-0.2, 0) is 14.9 Å². The number of morpholine rings is 1. The lowest BCUT2D eigenvalue weighted by molar-refractivity contribution is 0.0718. The molecule has 0 bridgehead atoms. The third-order valence-electron chi connectivity index (χ3n) is 3.40. The first-order chi connectivity index (χ1) is 7.99. The van der Waals surface area contributed by atoms with Crippen LogP contribution in [0.4, 0.5) is 0 Å². The number of nitrogens with one attached hydrogen (secondary N) is 1. The van der Waals surface area contributed by atoms with Crippen LogP contribution in [0, 0.1) is 0 Å². The third kappa shape index (κ3) is 3.62. The molecule has 1 aliphatic rings. The van der Waals surface area contributed by atoms with E-state index >= 15 is 0 Å². The van der Waals surface area contributed by atoms with Gasteiger partial charge >= 0.3 is 0 Å². The summed E-state index contributed by atoms with van der Waals surface area (Å²) in [5, 5.41) is 0. The van der Waals surface area contributed by atoms with Crippen molar-refractivity contribution in [3.8, 4) is 0 Å². The highest BCUT2D eigenvalue weighted by Gasteiger charge is 2.33. The zero-order valence-corrected chi connectivity index (χ0v) is 11.4. The molecule has 0 saturated carbocycles. The number of hydrogen-bond acceptors (Lipinski definition) is 4. The van der Waals surface area contributed by atoms with Gasteiger partial charge in [-0.1, -0.05) is 13.8 Å². The monoisotopic (exact) mass is 265 g/mol. The van der Waals surface area contributed by atoms with Crippen molar-refractivity contribution in [2.24, 2.45) is 5.73 Å². The second-order valence-corrected chi connectivity index (χ2v) is 5.98. The quantitative estimate of drug-likeness (QED) is 0.689. The number of nitrogens with two attached hydrogens (primary N) is 1. The molecule has 17 heavy (non-hydrogen) atoms. The standard InChI is InChI=1S/C10H23N3O3S/c1-3-10(4-2,9-11)12-17(14,15)13-5-7-16-8-6-13/h12H,3-9,11H2,1-2H3. The molecule has 0 aromatic rings. The van der Waals surface area contributed by atoms with Crippen LogP contribution in [-0.4, -0.2) is 51.1 Å². The Morgan fingerprint density at radius 3 is 2.24 bits per heavy atom. The summed E-state index contributed by atoms with van der Waals surface area (Å²) in [6.45, 7) is 5.91. The Bertz CT molecular complexity index is 313. The molecule has 1 fully saturated rings. The Labute approximate surface area is 104 Å².